The van der Waals surface area contributed by atoms with Gasteiger partial charge in [-0.15, -0.1) is 0 Å². The number of amides is 2. The first-order valence-electron chi connectivity index (χ1n) is 8.70. The lowest BCUT2D eigenvalue weighted by atomic mass is 10.1. The maximum absolute atomic E-state index is 11.9. The number of nitro groups is 1. The minimum Gasteiger partial charge on any atom is -0.495 e. The summed E-state index contributed by atoms with van der Waals surface area (Å²) in [5, 5.41) is 17.2. The molecule has 158 valence electrons. The van der Waals surface area contributed by atoms with Crippen LogP contribution < -0.4 is 15.5 Å². The van der Waals surface area contributed by atoms with E-state index >= 15 is 0 Å². The molecule has 11 heteroatoms. The lowest BCUT2D eigenvalue weighted by Crippen LogP contribution is -2.32. The number of anilines is 1. The van der Waals surface area contributed by atoms with Crippen molar-refractivity contribution in [1.29, 1.82) is 0 Å². The van der Waals surface area contributed by atoms with Gasteiger partial charge in [0.1, 0.15) is 17.3 Å². The molecule has 0 fully saturated rings. The van der Waals surface area contributed by atoms with E-state index < -0.39 is 16.7 Å². The zero-order chi connectivity index (χ0) is 22.4. The molecule has 1 aromatic heterocycles. The molecule has 3 aromatic rings. The third-order valence-corrected chi connectivity index (χ3v) is 4.24. The molecule has 31 heavy (non-hydrogen) atoms. The van der Waals surface area contributed by atoms with Crippen molar-refractivity contribution in [3.8, 4) is 17.1 Å². The highest BCUT2D eigenvalue weighted by Crippen LogP contribution is 2.27. The molecule has 0 aliphatic carbocycles. The van der Waals surface area contributed by atoms with Gasteiger partial charge in [-0.3, -0.25) is 19.7 Å². The Labute approximate surface area is 180 Å². The monoisotopic (exact) mass is 442 g/mol. The summed E-state index contributed by atoms with van der Waals surface area (Å²) in [6, 6.07) is 13.6. The van der Waals surface area contributed by atoms with Crippen LogP contribution in [0.5, 0.6) is 5.75 Å². The van der Waals surface area contributed by atoms with E-state index in [2.05, 4.69) is 15.8 Å². The average molecular weight is 443 g/mol. The van der Waals surface area contributed by atoms with Crippen molar-refractivity contribution in [1.82, 2.24) is 5.43 Å². The molecule has 0 atom stereocenters. The fourth-order valence-electron chi connectivity index (χ4n) is 2.49. The van der Waals surface area contributed by atoms with Gasteiger partial charge in [-0.2, -0.15) is 5.10 Å². The number of carbonyl (C=O) groups is 2. The van der Waals surface area contributed by atoms with E-state index in [4.69, 9.17) is 20.8 Å². The quantitative estimate of drug-likeness (QED) is 0.259. The van der Waals surface area contributed by atoms with E-state index in [1.54, 1.807) is 30.3 Å². The van der Waals surface area contributed by atoms with Crippen molar-refractivity contribution in [3.63, 3.8) is 0 Å². The third-order valence-electron chi connectivity index (χ3n) is 3.94. The summed E-state index contributed by atoms with van der Waals surface area (Å²) < 4.78 is 10.5. The number of nitro benzene ring substituents is 1. The number of benzene rings is 2. The van der Waals surface area contributed by atoms with E-state index in [0.717, 1.165) is 0 Å². The molecule has 2 amide bonds. The molecule has 0 spiro atoms. The number of non-ortho nitro benzene ring substituents is 1. The minimum absolute atomic E-state index is 0.0689. The SMILES string of the molecule is COc1ccc(NC(=O)C(=O)N/N=C/c2ccc(-c3cccc([N+](=O)[O-])c3)o2)cc1Cl. The van der Waals surface area contributed by atoms with Crippen LogP contribution in [0.4, 0.5) is 11.4 Å². The Kier molecular flexibility index (Phi) is 6.63. The van der Waals surface area contributed by atoms with Crippen LogP contribution in [0.1, 0.15) is 5.76 Å². The van der Waals surface area contributed by atoms with Crippen molar-refractivity contribution in [2.75, 3.05) is 12.4 Å². The van der Waals surface area contributed by atoms with Gasteiger partial charge in [-0.05, 0) is 30.3 Å². The van der Waals surface area contributed by atoms with Gasteiger partial charge in [0.25, 0.3) is 5.69 Å². The molecule has 0 unspecified atom stereocenters. The fourth-order valence-corrected chi connectivity index (χ4v) is 2.75. The highest BCUT2D eigenvalue weighted by atomic mass is 35.5. The van der Waals surface area contributed by atoms with Gasteiger partial charge in [0.2, 0.25) is 0 Å². The first-order valence-corrected chi connectivity index (χ1v) is 9.08. The maximum atomic E-state index is 11.9. The molecule has 10 nitrogen and oxygen atoms in total. The Hall–Kier alpha value is -4.18. The molecule has 1 heterocycles. The molecule has 0 bridgehead atoms. The van der Waals surface area contributed by atoms with Crippen LogP contribution in [-0.2, 0) is 9.59 Å². The second-order valence-corrected chi connectivity index (χ2v) is 6.42. The second-order valence-electron chi connectivity index (χ2n) is 6.01. The van der Waals surface area contributed by atoms with Crippen LogP contribution in [0.2, 0.25) is 5.02 Å². The van der Waals surface area contributed by atoms with Crippen LogP contribution >= 0.6 is 11.6 Å². The van der Waals surface area contributed by atoms with Gasteiger partial charge < -0.3 is 14.5 Å². The van der Waals surface area contributed by atoms with Crippen LogP contribution in [0.3, 0.4) is 0 Å². The Morgan fingerprint density at radius 3 is 2.68 bits per heavy atom. The first-order chi connectivity index (χ1) is 14.9. The maximum Gasteiger partial charge on any atom is 0.329 e. The summed E-state index contributed by atoms with van der Waals surface area (Å²) in [5.74, 6) is -0.879. The van der Waals surface area contributed by atoms with Crippen LogP contribution in [0.15, 0.2) is 64.1 Å². The molecule has 2 aromatic carbocycles. The van der Waals surface area contributed by atoms with Gasteiger partial charge in [0.05, 0.1) is 23.3 Å². The van der Waals surface area contributed by atoms with Crippen molar-refractivity contribution >= 4 is 41.0 Å². The highest BCUT2D eigenvalue weighted by Gasteiger charge is 2.14. The molecule has 0 aliphatic heterocycles. The topological polar surface area (TPSA) is 136 Å². The number of hydrogen-bond acceptors (Lipinski definition) is 7. The number of ether oxygens (including phenoxy) is 1. The number of nitrogens with zero attached hydrogens (tertiary/aromatic N) is 2. The van der Waals surface area contributed by atoms with Gasteiger partial charge >= 0.3 is 11.8 Å². The molecule has 0 aliphatic rings. The van der Waals surface area contributed by atoms with E-state index in [9.17, 15) is 19.7 Å². The summed E-state index contributed by atoms with van der Waals surface area (Å²) in [7, 11) is 1.45. The van der Waals surface area contributed by atoms with Crippen LogP contribution in [0, 0.1) is 10.1 Å². The zero-order valence-electron chi connectivity index (χ0n) is 16.0. The fraction of sp³-hybridized carbons (Fsp3) is 0.0500. The van der Waals surface area contributed by atoms with Crippen molar-refractivity contribution in [2.24, 2.45) is 5.10 Å². The Bertz CT molecular complexity index is 1170. The highest BCUT2D eigenvalue weighted by molar-refractivity contribution is 6.40. The summed E-state index contributed by atoms with van der Waals surface area (Å²) in [6.07, 6.45) is 1.19. The predicted molar refractivity (Wildman–Crippen MR) is 113 cm³/mol. The van der Waals surface area contributed by atoms with Crippen molar-refractivity contribution < 1.29 is 23.7 Å². The second kappa shape index (κ2) is 9.55. The number of methoxy groups -OCH3 is 1. The number of rotatable bonds is 6. The normalized spacial score (nSPS) is 10.6. The summed E-state index contributed by atoms with van der Waals surface area (Å²) in [6.45, 7) is 0. The number of carbonyl (C=O) groups excluding carboxylic acids is 2. The lowest BCUT2D eigenvalue weighted by molar-refractivity contribution is -0.384. The van der Waals surface area contributed by atoms with Gasteiger partial charge in [0, 0.05) is 23.4 Å². The standard InChI is InChI=1S/C20H15ClN4O6/c1-30-18-7-5-13(10-16(18)21)23-19(26)20(27)24-22-11-15-6-8-17(31-15)12-3-2-4-14(9-12)25(28)29/h2-11H,1H3,(H,23,26)(H,24,27)/b22-11+. The molecule has 0 saturated heterocycles. The van der Waals surface area contributed by atoms with Crippen LogP contribution in [-0.4, -0.2) is 30.1 Å². The van der Waals surface area contributed by atoms with E-state index in [1.165, 1.54) is 37.6 Å². The number of furan rings is 1. The average Bonchev–Trinajstić information content (AvgIpc) is 3.23. The first kappa shape index (κ1) is 21.5. The summed E-state index contributed by atoms with van der Waals surface area (Å²) in [5.41, 5.74) is 2.82. The number of hydrazone groups is 1. The van der Waals surface area contributed by atoms with E-state index in [-0.39, 0.29) is 16.5 Å². The smallest absolute Gasteiger partial charge is 0.329 e. The molecule has 3 rings (SSSR count). The van der Waals surface area contributed by atoms with E-state index in [0.29, 0.717) is 22.8 Å². The van der Waals surface area contributed by atoms with Gasteiger partial charge in [-0.25, -0.2) is 5.43 Å². The summed E-state index contributed by atoms with van der Waals surface area (Å²) in [4.78, 5) is 34.2. The Morgan fingerprint density at radius 2 is 1.97 bits per heavy atom. The summed E-state index contributed by atoms with van der Waals surface area (Å²) >= 11 is 5.97. The Morgan fingerprint density at radius 1 is 1.16 bits per heavy atom. The zero-order valence-corrected chi connectivity index (χ0v) is 16.8. The third kappa shape index (κ3) is 5.46. The minimum atomic E-state index is -1.01. The largest absolute Gasteiger partial charge is 0.495 e. The molecular formula is C20H15ClN4O6. The van der Waals surface area contributed by atoms with Crippen molar-refractivity contribution in [2.45, 2.75) is 0 Å². The van der Waals surface area contributed by atoms with Gasteiger partial charge in [-0.1, -0.05) is 23.7 Å². The number of halogens is 1. The molecular weight excluding hydrogens is 428 g/mol. The molecule has 0 saturated carbocycles. The lowest BCUT2D eigenvalue weighted by Gasteiger charge is -2.07. The number of nitrogens with one attached hydrogen (secondary N) is 2. The molecule has 2 N–H and O–H groups in total. The van der Waals surface area contributed by atoms with E-state index in [1.807, 2.05) is 0 Å². The predicted octanol–water partition coefficient (Wildman–Crippen LogP) is 3.61. The Balaban J connectivity index is 1.58. The van der Waals surface area contributed by atoms with Crippen molar-refractivity contribution in [3.05, 3.63) is 75.5 Å². The molecule has 0 radical (unpaired) electrons. The number of hydrogen-bond donors (Lipinski definition) is 2. The van der Waals surface area contributed by atoms with Crippen LogP contribution in [0.25, 0.3) is 11.3 Å². The van der Waals surface area contributed by atoms with Gasteiger partial charge in [0.15, 0.2) is 0 Å².